The van der Waals surface area contributed by atoms with Crippen LogP contribution >= 0.6 is 0 Å². The van der Waals surface area contributed by atoms with Crippen molar-refractivity contribution in [1.82, 2.24) is 5.32 Å². The molecule has 1 heterocycles. The summed E-state index contributed by atoms with van der Waals surface area (Å²) in [6.45, 7) is 2.16. The molecule has 1 saturated carbocycles. The molecule has 0 aromatic heterocycles. The van der Waals surface area contributed by atoms with E-state index in [2.05, 4.69) is 12.2 Å². The van der Waals surface area contributed by atoms with Crippen molar-refractivity contribution in [2.24, 2.45) is 5.41 Å². The Labute approximate surface area is 91.6 Å². The largest absolute Gasteiger partial charge is 0.381 e. The van der Waals surface area contributed by atoms with Crippen molar-refractivity contribution in [3.63, 3.8) is 0 Å². The fraction of sp³-hybridized carbons (Fsp3) is 0.917. The summed E-state index contributed by atoms with van der Waals surface area (Å²) in [6, 6.07) is 0.378. The minimum absolute atomic E-state index is 0.199. The van der Waals surface area contributed by atoms with Crippen LogP contribution in [-0.4, -0.2) is 25.2 Å². The number of hydrogen-bond donors (Lipinski definition) is 1. The van der Waals surface area contributed by atoms with E-state index in [1.54, 1.807) is 7.11 Å². The summed E-state index contributed by atoms with van der Waals surface area (Å²) in [4.78, 5) is 11.5. The van der Waals surface area contributed by atoms with E-state index in [-0.39, 0.29) is 11.3 Å². The van der Waals surface area contributed by atoms with E-state index in [0.29, 0.717) is 18.6 Å². The molecule has 0 aromatic carbocycles. The number of rotatable bonds is 2. The zero-order chi connectivity index (χ0) is 10.9. The zero-order valence-electron chi connectivity index (χ0n) is 9.71. The SMILES string of the molecule is CCC1NC(=O)CC12CCCC(OC)C2. The van der Waals surface area contributed by atoms with Gasteiger partial charge in [-0.25, -0.2) is 0 Å². The lowest BCUT2D eigenvalue weighted by atomic mass is 9.67. The lowest BCUT2D eigenvalue weighted by Gasteiger charge is -2.40. The molecule has 1 amide bonds. The molecule has 86 valence electrons. The first-order chi connectivity index (χ1) is 7.20. The van der Waals surface area contributed by atoms with Gasteiger partial charge < -0.3 is 10.1 Å². The van der Waals surface area contributed by atoms with E-state index in [1.807, 2.05) is 0 Å². The Morgan fingerprint density at radius 3 is 3.07 bits per heavy atom. The summed E-state index contributed by atoms with van der Waals surface area (Å²) < 4.78 is 5.47. The summed E-state index contributed by atoms with van der Waals surface area (Å²) in [5.74, 6) is 0.235. The van der Waals surface area contributed by atoms with Crippen LogP contribution in [0.4, 0.5) is 0 Å². The Morgan fingerprint density at radius 1 is 1.60 bits per heavy atom. The molecule has 1 saturated heterocycles. The van der Waals surface area contributed by atoms with Gasteiger partial charge in [-0.05, 0) is 25.7 Å². The quantitative estimate of drug-likeness (QED) is 0.757. The van der Waals surface area contributed by atoms with E-state index in [9.17, 15) is 4.79 Å². The number of ether oxygens (including phenoxy) is 1. The minimum Gasteiger partial charge on any atom is -0.381 e. The predicted molar refractivity (Wildman–Crippen MR) is 58.5 cm³/mol. The van der Waals surface area contributed by atoms with Crippen molar-refractivity contribution >= 4 is 5.91 Å². The van der Waals surface area contributed by atoms with Gasteiger partial charge >= 0.3 is 0 Å². The van der Waals surface area contributed by atoms with Gasteiger partial charge in [-0.3, -0.25) is 4.79 Å². The Morgan fingerprint density at radius 2 is 2.40 bits per heavy atom. The molecule has 0 bridgehead atoms. The van der Waals surface area contributed by atoms with E-state index >= 15 is 0 Å². The number of nitrogens with one attached hydrogen (secondary N) is 1. The van der Waals surface area contributed by atoms with Crippen LogP contribution in [0, 0.1) is 5.41 Å². The molecule has 2 fully saturated rings. The predicted octanol–water partition coefficient (Wildman–Crippen LogP) is 1.86. The monoisotopic (exact) mass is 211 g/mol. The van der Waals surface area contributed by atoms with E-state index in [1.165, 1.54) is 12.8 Å². The van der Waals surface area contributed by atoms with Gasteiger partial charge in [0.2, 0.25) is 5.91 Å². The molecule has 15 heavy (non-hydrogen) atoms. The van der Waals surface area contributed by atoms with Crippen LogP contribution in [0.5, 0.6) is 0 Å². The van der Waals surface area contributed by atoms with Crippen molar-refractivity contribution in [2.45, 2.75) is 57.6 Å². The summed E-state index contributed by atoms with van der Waals surface area (Å²) in [5, 5.41) is 3.11. The summed E-state index contributed by atoms with van der Waals surface area (Å²) in [6.07, 6.45) is 6.71. The highest BCUT2D eigenvalue weighted by atomic mass is 16.5. The molecule has 0 radical (unpaired) electrons. The number of amides is 1. The summed E-state index contributed by atoms with van der Waals surface area (Å²) in [5.41, 5.74) is 0.199. The molecule has 1 spiro atoms. The molecule has 3 atom stereocenters. The molecule has 1 aliphatic carbocycles. The summed E-state index contributed by atoms with van der Waals surface area (Å²) >= 11 is 0. The lowest BCUT2D eigenvalue weighted by Crippen LogP contribution is -2.41. The first-order valence-electron chi connectivity index (χ1n) is 6.02. The van der Waals surface area contributed by atoms with Crippen molar-refractivity contribution in [3.8, 4) is 0 Å². The van der Waals surface area contributed by atoms with Gasteiger partial charge in [-0.2, -0.15) is 0 Å². The second-order valence-electron chi connectivity index (χ2n) is 5.02. The van der Waals surface area contributed by atoms with Crippen molar-refractivity contribution in [3.05, 3.63) is 0 Å². The molecule has 3 nitrogen and oxygen atoms in total. The van der Waals surface area contributed by atoms with Crippen LogP contribution < -0.4 is 5.32 Å². The zero-order valence-corrected chi connectivity index (χ0v) is 9.71. The number of carbonyl (C=O) groups excluding carboxylic acids is 1. The van der Waals surface area contributed by atoms with E-state index < -0.39 is 0 Å². The molecule has 2 aliphatic rings. The molecular formula is C12H21NO2. The number of methoxy groups -OCH3 is 1. The molecule has 0 aromatic rings. The maximum absolute atomic E-state index is 11.5. The average molecular weight is 211 g/mol. The molecular weight excluding hydrogens is 190 g/mol. The Kier molecular flexibility index (Phi) is 3.01. The van der Waals surface area contributed by atoms with Gasteiger partial charge in [0.25, 0.3) is 0 Å². The van der Waals surface area contributed by atoms with Crippen LogP contribution in [0.25, 0.3) is 0 Å². The first kappa shape index (κ1) is 10.9. The average Bonchev–Trinajstić information content (AvgIpc) is 2.54. The third kappa shape index (κ3) is 1.89. The fourth-order valence-corrected chi connectivity index (χ4v) is 3.39. The standard InChI is InChI=1S/C12H21NO2/c1-3-10-12(8-11(14)13-10)6-4-5-9(7-12)15-2/h9-10H,3-8H2,1-2H3,(H,13,14). The molecule has 1 aliphatic heterocycles. The van der Waals surface area contributed by atoms with E-state index in [0.717, 1.165) is 19.3 Å². The van der Waals surface area contributed by atoms with Crippen LogP contribution in [0.2, 0.25) is 0 Å². The smallest absolute Gasteiger partial charge is 0.220 e. The molecule has 1 N–H and O–H groups in total. The second kappa shape index (κ2) is 4.12. The maximum atomic E-state index is 11.5. The number of hydrogen-bond acceptors (Lipinski definition) is 2. The second-order valence-corrected chi connectivity index (χ2v) is 5.02. The Bertz CT molecular complexity index is 254. The first-order valence-corrected chi connectivity index (χ1v) is 6.02. The Balaban J connectivity index is 2.13. The van der Waals surface area contributed by atoms with Gasteiger partial charge in [0, 0.05) is 25.0 Å². The van der Waals surface area contributed by atoms with Crippen molar-refractivity contribution < 1.29 is 9.53 Å². The third-order valence-corrected chi connectivity index (χ3v) is 4.16. The van der Waals surface area contributed by atoms with Gasteiger partial charge in [0.05, 0.1) is 6.10 Å². The normalized spacial score (nSPS) is 40.8. The van der Waals surface area contributed by atoms with Gasteiger partial charge in [-0.15, -0.1) is 0 Å². The van der Waals surface area contributed by atoms with Crippen LogP contribution in [0.1, 0.15) is 45.4 Å². The fourth-order valence-electron chi connectivity index (χ4n) is 3.39. The summed E-state index contributed by atoms with van der Waals surface area (Å²) in [7, 11) is 1.79. The highest BCUT2D eigenvalue weighted by molar-refractivity contribution is 5.80. The lowest BCUT2D eigenvalue weighted by molar-refractivity contribution is -0.120. The molecule has 2 rings (SSSR count). The van der Waals surface area contributed by atoms with Crippen LogP contribution in [-0.2, 0) is 9.53 Å². The van der Waals surface area contributed by atoms with Gasteiger partial charge in [-0.1, -0.05) is 13.3 Å². The van der Waals surface area contributed by atoms with Gasteiger partial charge in [0.1, 0.15) is 0 Å². The third-order valence-electron chi connectivity index (χ3n) is 4.16. The molecule has 3 unspecified atom stereocenters. The van der Waals surface area contributed by atoms with Crippen LogP contribution in [0.15, 0.2) is 0 Å². The van der Waals surface area contributed by atoms with Crippen molar-refractivity contribution in [1.29, 1.82) is 0 Å². The highest BCUT2D eigenvalue weighted by Crippen LogP contribution is 2.46. The van der Waals surface area contributed by atoms with E-state index in [4.69, 9.17) is 4.74 Å². The highest BCUT2D eigenvalue weighted by Gasteiger charge is 2.48. The van der Waals surface area contributed by atoms with Crippen LogP contribution in [0.3, 0.4) is 0 Å². The van der Waals surface area contributed by atoms with Crippen molar-refractivity contribution in [2.75, 3.05) is 7.11 Å². The number of carbonyl (C=O) groups is 1. The maximum Gasteiger partial charge on any atom is 0.220 e. The van der Waals surface area contributed by atoms with Gasteiger partial charge in [0.15, 0.2) is 0 Å². The topological polar surface area (TPSA) is 38.3 Å². The Hall–Kier alpha value is -0.570. The molecule has 3 heteroatoms. The minimum atomic E-state index is 0.199.